The lowest BCUT2D eigenvalue weighted by Gasteiger charge is -2.31. The van der Waals surface area contributed by atoms with Crippen molar-refractivity contribution in [3.63, 3.8) is 0 Å². The van der Waals surface area contributed by atoms with Crippen LogP contribution in [0.4, 0.5) is 0 Å². The molecule has 0 aromatic heterocycles. The van der Waals surface area contributed by atoms with E-state index in [-0.39, 0.29) is 12.5 Å². The average Bonchev–Trinajstić information content (AvgIpc) is 2.41. The van der Waals surface area contributed by atoms with Crippen LogP contribution in [0, 0.1) is 19.8 Å². The summed E-state index contributed by atoms with van der Waals surface area (Å²) in [7, 11) is 0. The number of aliphatic hydroxyl groups excluding tert-OH is 1. The molecule has 3 nitrogen and oxygen atoms in total. The fourth-order valence-corrected chi connectivity index (χ4v) is 2.47. The number of hydrogen-bond donors (Lipinski definition) is 1. The minimum Gasteiger partial charge on any atom is -0.396 e. The molecule has 1 aromatic rings. The Kier molecular flexibility index (Phi) is 4.02. The molecule has 1 amide bonds. The fraction of sp³-hybridized carbons (Fsp3) is 0.533. The van der Waals surface area contributed by atoms with Crippen molar-refractivity contribution in [2.24, 2.45) is 5.92 Å². The molecule has 0 bridgehead atoms. The number of benzene rings is 1. The van der Waals surface area contributed by atoms with Gasteiger partial charge in [-0.05, 0) is 49.8 Å². The van der Waals surface area contributed by atoms with Crippen LogP contribution < -0.4 is 0 Å². The first-order valence-corrected chi connectivity index (χ1v) is 6.60. The van der Waals surface area contributed by atoms with Crippen LogP contribution in [0.1, 0.15) is 34.3 Å². The molecule has 0 saturated carbocycles. The van der Waals surface area contributed by atoms with Gasteiger partial charge in [-0.3, -0.25) is 4.79 Å². The molecule has 1 fully saturated rings. The lowest BCUT2D eigenvalue weighted by atomic mass is 9.96. The molecule has 0 aliphatic carbocycles. The second-order valence-electron chi connectivity index (χ2n) is 5.17. The van der Waals surface area contributed by atoms with Crippen molar-refractivity contribution in [2.75, 3.05) is 19.7 Å². The summed E-state index contributed by atoms with van der Waals surface area (Å²) in [6.45, 7) is 5.80. The summed E-state index contributed by atoms with van der Waals surface area (Å²) in [5.74, 6) is 0.500. The third kappa shape index (κ3) is 2.56. The maximum Gasteiger partial charge on any atom is 0.254 e. The van der Waals surface area contributed by atoms with Crippen molar-refractivity contribution >= 4 is 5.91 Å². The van der Waals surface area contributed by atoms with E-state index in [2.05, 4.69) is 0 Å². The number of carbonyl (C=O) groups is 1. The Labute approximate surface area is 108 Å². The number of carbonyl (C=O) groups excluding carboxylic acids is 1. The van der Waals surface area contributed by atoms with E-state index < -0.39 is 0 Å². The van der Waals surface area contributed by atoms with Gasteiger partial charge >= 0.3 is 0 Å². The Morgan fingerprint density at radius 1 is 1.33 bits per heavy atom. The van der Waals surface area contributed by atoms with Gasteiger partial charge in [-0.15, -0.1) is 0 Å². The van der Waals surface area contributed by atoms with Crippen LogP contribution in [0.25, 0.3) is 0 Å². The third-order valence-corrected chi connectivity index (χ3v) is 3.99. The largest absolute Gasteiger partial charge is 0.396 e. The molecule has 0 atom stereocenters. The average molecular weight is 247 g/mol. The number of rotatable bonds is 2. The highest BCUT2D eigenvalue weighted by Crippen LogP contribution is 2.20. The third-order valence-electron chi connectivity index (χ3n) is 3.99. The van der Waals surface area contributed by atoms with E-state index in [1.807, 2.05) is 36.9 Å². The molecule has 0 radical (unpaired) electrons. The van der Waals surface area contributed by atoms with E-state index in [0.29, 0.717) is 5.92 Å². The fourth-order valence-electron chi connectivity index (χ4n) is 2.47. The van der Waals surface area contributed by atoms with Crippen molar-refractivity contribution in [3.8, 4) is 0 Å². The molecular weight excluding hydrogens is 226 g/mol. The Morgan fingerprint density at radius 3 is 2.61 bits per heavy atom. The molecule has 1 heterocycles. The molecular formula is C15H21NO2. The van der Waals surface area contributed by atoms with Gasteiger partial charge in [0.05, 0.1) is 0 Å². The van der Waals surface area contributed by atoms with Gasteiger partial charge < -0.3 is 10.0 Å². The molecule has 3 heteroatoms. The monoisotopic (exact) mass is 247 g/mol. The van der Waals surface area contributed by atoms with Crippen LogP contribution in [0.3, 0.4) is 0 Å². The molecule has 0 spiro atoms. The van der Waals surface area contributed by atoms with Crippen molar-refractivity contribution in [3.05, 3.63) is 34.9 Å². The molecule has 1 N–H and O–H groups in total. The molecule has 2 rings (SSSR count). The number of amides is 1. The van der Waals surface area contributed by atoms with Gasteiger partial charge in [-0.25, -0.2) is 0 Å². The number of aliphatic hydroxyl groups is 1. The van der Waals surface area contributed by atoms with Gasteiger partial charge in [0, 0.05) is 25.3 Å². The number of hydrogen-bond acceptors (Lipinski definition) is 2. The van der Waals surface area contributed by atoms with E-state index in [4.69, 9.17) is 5.11 Å². The molecule has 98 valence electrons. The Morgan fingerprint density at radius 2 is 2.00 bits per heavy atom. The van der Waals surface area contributed by atoms with Gasteiger partial charge in [-0.1, -0.05) is 12.1 Å². The van der Waals surface area contributed by atoms with Crippen molar-refractivity contribution < 1.29 is 9.90 Å². The lowest BCUT2D eigenvalue weighted by molar-refractivity contribution is 0.0650. The zero-order chi connectivity index (χ0) is 13.1. The van der Waals surface area contributed by atoms with Gasteiger partial charge in [0.2, 0.25) is 0 Å². The number of nitrogens with zero attached hydrogens (tertiary/aromatic N) is 1. The first-order valence-electron chi connectivity index (χ1n) is 6.60. The maximum atomic E-state index is 12.4. The van der Waals surface area contributed by atoms with Crippen LogP contribution in [0.15, 0.2) is 18.2 Å². The normalized spacial score (nSPS) is 16.9. The molecule has 0 unspecified atom stereocenters. The van der Waals surface area contributed by atoms with E-state index >= 15 is 0 Å². The van der Waals surface area contributed by atoms with Crippen LogP contribution in [-0.4, -0.2) is 35.6 Å². The highest BCUT2D eigenvalue weighted by atomic mass is 16.3. The molecule has 1 saturated heterocycles. The minimum absolute atomic E-state index is 0.132. The smallest absolute Gasteiger partial charge is 0.254 e. The highest BCUT2D eigenvalue weighted by molar-refractivity contribution is 5.96. The topological polar surface area (TPSA) is 40.5 Å². The van der Waals surface area contributed by atoms with Crippen molar-refractivity contribution in [1.29, 1.82) is 0 Å². The Hall–Kier alpha value is -1.35. The number of likely N-dealkylation sites (tertiary alicyclic amines) is 1. The Balaban J connectivity index is 2.10. The zero-order valence-corrected chi connectivity index (χ0v) is 11.1. The van der Waals surface area contributed by atoms with E-state index in [0.717, 1.165) is 42.6 Å². The molecule has 18 heavy (non-hydrogen) atoms. The number of aryl methyl sites for hydroxylation is 1. The summed E-state index contributed by atoms with van der Waals surface area (Å²) in [6, 6.07) is 5.88. The van der Waals surface area contributed by atoms with Gasteiger partial charge in [0.1, 0.15) is 0 Å². The summed E-state index contributed by atoms with van der Waals surface area (Å²) in [6.07, 6.45) is 1.82. The highest BCUT2D eigenvalue weighted by Gasteiger charge is 2.24. The van der Waals surface area contributed by atoms with E-state index in [1.165, 1.54) is 0 Å². The maximum absolute atomic E-state index is 12.4. The van der Waals surface area contributed by atoms with Gasteiger partial charge in [-0.2, -0.15) is 0 Å². The minimum atomic E-state index is 0.132. The van der Waals surface area contributed by atoms with Crippen LogP contribution in [0.2, 0.25) is 0 Å². The zero-order valence-electron chi connectivity index (χ0n) is 11.1. The second kappa shape index (κ2) is 5.53. The Bertz CT molecular complexity index is 434. The van der Waals surface area contributed by atoms with Crippen LogP contribution in [0.5, 0.6) is 0 Å². The second-order valence-corrected chi connectivity index (χ2v) is 5.17. The predicted molar refractivity (Wildman–Crippen MR) is 71.6 cm³/mol. The number of piperidine rings is 1. The van der Waals surface area contributed by atoms with Crippen LogP contribution in [-0.2, 0) is 0 Å². The van der Waals surface area contributed by atoms with Gasteiger partial charge in [0.15, 0.2) is 0 Å². The summed E-state index contributed by atoms with van der Waals surface area (Å²) in [5, 5.41) is 9.11. The molecule has 1 aliphatic rings. The molecule has 1 aromatic carbocycles. The summed E-state index contributed by atoms with van der Waals surface area (Å²) < 4.78 is 0. The van der Waals surface area contributed by atoms with E-state index in [9.17, 15) is 4.79 Å². The first kappa shape index (κ1) is 13.1. The quantitative estimate of drug-likeness (QED) is 0.870. The summed E-state index contributed by atoms with van der Waals surface area (Å²) in [4.78, 5) is 14.3. The first-order chi connectivity index (χ1) is 8.63. The summed E-state index contributed by atoms with van der Waals surface area (Å²) >= 11 is 0. The van der Waals surface area contributed by atoms with Crippen LogP contribution >= 0.6 is 0 Å². The lowest BCUT2D eigenvalue weighted by Crippen LogP contribution is -2.39. The van der Waals surface area contributed by atoms with Gasteiger partial charge in [0.25, 0.3) is 5.91 Å². The summed E-state index contributed by atoms with van der Waals surface area (Å²) in [5.41, 5.74) is 3.05. The molecule has 1 aliphatic heterocycles. The standard InChI is InChI=1S/C15H21NO2/c1-11-4-3-5-14(12(11)2)15(18)16-8-6-13(10-17)7-9-16/h3-5,13,17H,6-10H2,1-2H3. The predicted octanol–water partition coefficient (Wildman–Crippen LogP) is 2.15. The van der Waals surface area contributed by atoms with Crippen molar-refractivity contribution in [1.82, 2.24) is 4.90 Å². The SMILES string of the molecule is Cc1cccc(C(=O)N2CCC(CO)CC2)c1C. The van der Waals surface area contributed by atoms with Crippen molar-refractivity contribution in [2.45, 2.75) is 26.7 Å². The van der Waals surface area contributed by atoms with E-state index in [1.54, 1.807) is 0 Å².